The van der Waals surface area contributed by atoms with E-state index in [1.54, 1.807) is 51.1 Å². The smallest absolute Gasteiger partial charge is 0.449 e. The Morgan fingerprint density at radius 2 is 1.50 bits per heavy atom. The van der Waals surface area contributed by atoms with Crippen molar-refractivity contribution in [3.8, 4) is 11.1 Å². The molecule has 0 bridgehead atoms. The van der Waals surface area contributed by atoms with Crippen LogP contribution in [0.5, 0.6) is 0 Å². The molecule has 13 nitrogen and oxygen atoms in total. The Balaban J connectivity index is 1.36. The molecule has 0 saturated heterocycles. The second-order valence-corrected chi connectivity index (χ2v) is 12.5. The van der Waals surface area contributed by atoms with Crippen LogP contribution in [0.25, 0.3) is 11.1 Å². The van der Waals surface area contributed by atoms with Gasteiger partial charge in [-0.25, -0.2) is 14.4 Å². The molecule has 1 aliphatic rings. The van der Waals surface area contributed by atoms with Crippen LogP contribution >= 0.6 is 0 Å². The number of rotatable bonds is 16. The van der Waals surface area contributed by atoms with Crippen molar-refractivity contribution in [1.82, 2.24) is 16.0 Å². The summed E-state index contributed by atoms with van der Waals surface area (Å²) in [6.07, 6.45) is 2.00. The van der Waals surface area contributed by atoms with E-state index in [1.807, 2.05) is 48.5 Å². The van der Waals surface area contributed by atoms with Crippen molar-refractivity contribution >= 4 is 35.8 Å². The Morgan fingerprint density at radius 3 is 2.10 bits per heavy atom. The highest BCUT2D eigenvalue weighted by molar-refractivity contribution is 5.98. The minimum absolute atomic E-state index is 0.0744. The number of nitrogens with one attached hydrogen (secondary N) is 4. The van der Waals surface area contributed by atoms with E-state index in [-0.39, 0.29) is 43.8 Å². The third-order valence-corrected chi connectivity index (χ3v) is 8.31. The second-order valence-electron chi connectivity index (χ2n) is 12.5. The van der Waals surface area contributed by atoms with E-state index in [0.29, 0.717) is 17.7 Å². The molecule has 0 aliphatic heterocycles. The summed E-state index contributed by atoms with van der Waals surface area (Å²) in [5.74, 6) is -1.47. The lowest BCUT2D eigenvalue weighted by Gasteiger charge is -2.25. The summed E-state index contributed by atoms with van der Waals surface area (Å²) in [4.78, 5) is 63.1. The summed E-state index contributed by atoms with van der Waals surface area (Å²) < 4.78 is 15.7. The van der Waals surface area contributed by atoms with Gasteiger partial charge < -0.3 is 41.2 Å². The van der Waals surface area contributed by atoms with E-state index in [0.717, 1.165) is 22.3 Å². The molecule has 0 spiro atoms. The Kier molecular flexibility index (Phi) is 14.0. The second kappa shape index (κ2) is 18.8. The highest BCUT2D eigenvalue weighted by Gasteiger charge is 2.32. The van der Waals surface area contributed by atoms with Crippen LogP contribution in [0.4, 0.5) is 20.1 Å². The fraction of sp³-hybridized carbons (Fsp3) is 0.308. The molecule has 1 aliphatic carbocycles. The molecule has 13 heteroatoms. The van der Waals surface area contributed by atoms with Crippen LogP contribution in [0.3, 0.4) is 0 Å². The van der Waals surface area contributed by atoms with Gasteiger partial charge in [-0.1, -0.05) is 87.2 Å². The van der Waals surface area contributed by atoms with E-state index in [2.05, 4.69) is 27.8 Å². The minimum atomic E-state index is -1.03. The number of carbonyl (C=O) groups excluding carboxylic acids is 5. The Bertz CT molecular complexity index is 1740. The largest absolute Gasteiger partial charge is 0.514 e. The topological polar surface area (TPSA) is 187 Å². The molecule has 0 radical (unpaired) electrons. The van der Waals surface area contributed by atoms with Crippen molar-refractivity contribution < 1.29 is 38.2 Å². The lowest BCUT2D eigenvalue weighted by molar-refractivity contribution is -0.128. The van der Waals surface area contributed by atoms with E-state index < -0.39 is 42.2 Å². The average molecular weight is 712 g/mol. The van der Waals surface area contributed by atoms with Crippen LogP contribution in [0.2, 0.25) is 0 Å². The van der Waals surface area contributed by atoms with E-state index >= 15 is 0 Å². The maximum atomic E-state index is 13.6. The molecule has 52 heavy (non-hydrogen) atoms. The fourth-order valence-electron chi connectivity index (χ4n) is 5.76. The number of primary amides is 1. The summed E-state index contributed by atoms with van der Waals surface area (Å²) in [5, 5.41) is 10.7. The monoisotopic (exact) mass is 711 g/mol. The van der Waals surface area contributed by atoms with Crippen LogP contribution in [-0.2, 0) is 30.4 Å². The van der Waals surface area contributed by atoms with Crippen LogP contribution in [0, 0.1) is 5.92 Å². The summed E-state index contributed by atoms with van der Waals surface area (Å²) in [5.41, 5.74) is 10.5. The molecule has 3 aromatic rings. The number of urea groups is 1. The standard InChI is InChI=1S/C39H45N5O8/c1-5-11-25(4)52-39(49)51-22-26-17-19-27(20-18-26)42-35(45)33(16-10-21-41-37(40)47)43-36(46)34(24(2)3)44-38(48)50-23-32-30-14-8-6-12-28(30)29-13-7-9-15-31(29)32/h5-9,11-15,17-20,24,32-34H,4,10,16,21-23H2,1-3H3,(H,42,45)(H,43,46)(H,44,48)(H3,40,41,47)/b11-5-/t33-,34-/m0/s1. The fourth-order valence-corrected chi connectivity index (χ4v) is 5.76. The van der Waals surface area contributed by atoms with Gasteiger partial charge in [0.2, 0.25) is 11.8 Å². The Labute approximate surface area is 303 Å². The van der Waals surface area contributed by atoms with Crippen LogP contribution < -0.4 is 27.0 Å². The Morgan fingerprint density at radius 1 is 0.865 bits per heavy atom. The van der Waals surface area contributed by atoms with Gasteiger partial charge in [0, 0.05) is 18.2 Å². The van der Waals surface area contributed by atoms with Gasteiger partial charge in [-0.05, 0) is 71.7 Å². The number of allylic oxidation sites excluding steroid dienone is 2. The quantitative estimate of drug-likeness (QED) is 0.0529. The zero-order chi connectivity index (χ0) is 37.6. The van der Waals surface area contributed by atoms with Gasteiger partial charge in [0.15, 0.2) is 0 Å². The summed E-state index contributed by atoms with van der Waals surface area (Å²) >= 11 is 0. The number of carbonyl (C=O) groups is 5. The first-order chi connectivity index (χ1) is 25.0. The number of ether oxygens (including phenoxy) is 3. The zero-order valence-corrected chi connectivity index (χ0v) is 29.5. The molecule has 4 rings (SSSR count). The van der Waals surface area contributed by atoms with E-state index in [9.17, 15) is 24.0 Å². The Hall–Kier alpha value is -6.11. The van der Waals surface area contributed by atoms with Gasteiger partial charge in [0.05, 0.1) is 0 Å². The van der Waals surface area contributed by atoms with Crippen LogP contribution in [0.15, 0.2) is 97.3 Å². The number of amides is 5. The van der Waals surface area contributed by atoms with Gasteiger partial charge in [0.25, 0.3) is 0 Å². The highest BCUT2D eigenvalue weighted by atomic mass is 16.7. The summed E-state index contributed by atoms with van der Waals surface area (Å²) in [7, 11) is 0. The average Bonchev–Trinajstić information content (AvgIpc) is 3.43. The first-order valence-electron chi connectivity index (χ1n) is 17.0. The molecule has 0 heterocycles. The van der Waals surface area contributed by atoms with Crippen molar-refractivity contribution in [1.29, 1.82) is 0 Å². The number of benzene rings is 3. The first-order valence-corrected chi connectivity index (χ1v) is 17.0. The highest BCUT2D eigenvalue weighted by Crippen LogP contribution is 2.44. The molecular weight excluding hydrogens is 666 g/mol. The third kappa shape index (κ3) is 10.9. The summed E-state index contributed by atoms with van der Waals surface area (Å²) in [6, 6.07) is 19.7. The predicted octanol–water partition coefficient (Wildman–Crippen LogP) is 5.86. The lowest BCUT2D eigenvalue weighted by atomic mass is 9.98. The zero-order valence-electron chi connectivity index (χ0n) is 29.5. The van der Waals surface area contributed by atoms with Crippen molar-refractivity contribution in [2.75, 3.05) is 18.5 Å². The maximum absolute atomic E-state index is 13.6. The molecule has 6 N–H and O–H groups in total. The molecule has 0 unspecified atom stereocenters. The third-order valence-electron chi connectivity index (χ3n) is 8.31. The number of alkyl carbamates (subject to hydrolysis) is 1. The summed E-state index contributed by atoms with van der Waals surface area (Å²) in [6.45, 7) is 9.05. The van der Waals surface area contributed by atoms with Crippen molar-refractivity contribution in [3.05, 3.63) is 114 Å². The number of fused-ring (bicyclic) bond motifs is 3. The normalized spacial score (nSPS) is 12.9. The molecule has 0 aromatic heterocycles. The molecule has 2 atom stereocenters. The number of hydrogen-bond donors (Lipinski definition) is 5. The van der Waals surface area contributed by atoms with Gasteiger partial charge in [-0.3, -0.25) is 9.59 Å². The maximum Gasteiger partial charge on any atom is 0.514 e. The van der Waals surface area contributed by atoms with Gasteiger partial charge in [-0.2, -0.15) is 0 Å². The van der Waals surface area contributed by atoms with E-state index in [4.69, 9.17) is 19.9 Å². The SMILES string of the molecule is C=C(/C=C\C)OC(=O)OCc1ccc(NC(=O)[C@H](CCCNC(N)=O)NC(=O)[C@@H](NC(=O)OCC2c3ccccc3-c3ccccc32)C(C)C)cc1. The molecule has 5 amide bonds. The van der Waals surface area contributed by atoms with Gasteiger partial charge >= 0.3 is 18.3 Å². The van der Waals surface area contributed by atoms with Gasteiger partial charge in [0.1, 0.15) is 31.1 Å². The number of anilines is 1. The predicted molar refractivity (Wildman–Crippen MR) is 196 cm³/mol. The van der Waals surface area contributed by atoms with Crippen molar-refractivity contribution in [2.45, 2.75) is 58.2 Å². The van der Waals surface area contributed by atoms with Crippen molar-refractivity contribution in [3.63, 3.8) is 0 Å². The number of hydrogen-bond acceptors (Lipinski definition) is 8. The van der Waals surface area contributed by atoms with Gasteiger partial charge in [-0.15, -0.1) is 0 Å². The van der Waals surface area contributed by atoms with Crippen LogP contribution in [0.1, 0.15) is 56.2 Å². The van der Waals surface area contributed by atoms with Crippen LogP contribution in [-0.4, -0.2) is 55.3 Å². The molecule has 0 fully saturated rings. The van der Waals surface area contributed by atoms with E-state index in [1.165, 1.54) is 6.08 Å². The molecular formula is C39H45N5O8. The molecule has 0 saturated carbocycles. The molecule has 274 valence electrons. The molecule has 3 aromatic carbocycles. The first kappa shape index (κ1) is 38.7. The number of nitrogens with two attached hydrogens (primary N) is 1. The lowest BCUT2D eigenvalue weighted by Crippen LogP contribution is -2.54. The van der Waals surface area contributed by atoms with Crippen molar-refractivity contribution in [2.24, 2.45) is 11.7 Å². The minimum Gasteiger partial charge on any atom is -0.449 e.